The van der Waals surface area contributed by atoms with Crippen molar-refractivity contribution in [3.8, 4) is 0 Å². The normalized spacial score (nSPS) is 15.1. The van der Waals surface area contributed by atoms with Crippen molar-refractivity contribution in [2.24, 2.45) is 4.99 Å². The SMILES string of the molecule is O=C[C@H](CC(=O)O)NC(=O)CN1C(=O)C(NC(=O)OCc2ccccc2)N=C(c2ccccc2)c2ccccc21. The summed E-state index contributed by atoms with van der Waals surface area (Å²) in [5.74, 6) is -2.77. The van der Waals surface area contributed by atoms with Gasteiger partial charge in [-0.1, -0.05) is 78.9 Å². The zero-order valence-corrected chi connectivity index (χ0v) is 21.2. The first kappa shape index (κ1) is 27.7. The molecule has 0 radical (unpaired) electrons. The smallest absolute Gasteiger partial charge is 0.409 e. The summed E-state index contributed by atoms with van der Waals surface area (Å²) >= 11 is 0. The molecular weight excluding hydrogens is 516 g/mol. The van der Waals surface area contributed by atoms with Gasteiger partial charge in [-0.15, -0.1) is 0 Å². The van der Waals surface area contributed by atoms with Crippen LogP contribution in [0.5, 0.6) is 0 Å². The molecule has 1 aliphatic rings. The largest absolute Gasteiger partial charge is 0.481 e. The van der Waals surface area contributed by atoms with E-state index in [2.05, 4.69) is 15.6 Å². The van der Waals surface area contributed by atoms with Gasteiger partial charge in [0.1, 0.15) is 19.4 Å². The number of ether oxygens (including phenoxy) is 1. The van der Waals surface area contributed by atoms with Crippen LogP contribution >= 0.6 is 0 Å². The summed E-state index contributed by atoms with van der Waals surface area (Å²) in [6, 6.07) is 23.5. The minimum atomic E-state index is -1.46. The van der Waals surface area contributed by atoms with E-state index in [-0.39, 0.29) is 6.61 Å². The summed E-state index contributed by atoms with van der Waals surface area (Å²) < 4.78 is 5.29. The van der Waals surface area contributed by atoms with Crippen molar-refractivity contribution in [3.63, 3.8) is 0 Å². The van der Waals surface area contributed by atoms with Crippen LogP contribution in [0.15, 0.2) is 89.9 Å². The van der Waals surface area contributed by atoms with Crippen molar-refractivity contribution in [2.75, 3.05) is 11.4 Å². The first-order valence-corrected chi connectivity index (χ1v) is 12.3. The molecule has 3 aromatic rings. The van der Waals surface area contributed by atoms with Gasteiger partial charge in [-0.25, -0.2) is 9.79 Å². The number of hydrogen-bond acceptors (Lipinski definition) is 7. The van der Waals surface area contributed by atoms with Gasteiger partial charge in [0.2, 0.25) is 12.1 Å². The topological polar surface area (TPSA) is 154 Å². The molecule has 0 saturated heterocycles. The number of aliphatic carboxylic acids is 1. The molecular formula is C29H26N4O7. The Hall–Kier alpha value is -5.32. The summed E-state index contributed by atoms with van der Waals surface area (Å²) in [6.07, 6.45) is -2.65. The Bertz CT molecular complexity index is 1430. The highest BCUT2D eigenvalue weighted by Crippen LogP contribution is 2.28. The van der Waals surface area contributed by atoms with Gasteiger partial charge >= 0.3 is 12.1 Å². The van der Waals surface area contributed by atoms with Crippen LogP contribution in [0, 0.1) is 0 Å². The van der Waals surface area contributed by atoms with Gasteiger partial charge in [0.25, 0.3) is 5.91 Å². The van der Waals surface area contributed by atoms with Gasteiger partial charge in [-0.05, 0) is 11.6 Å². The van der Waals surface area contributed by atoms with Crippen LogP contribution in [0.3, 0.4) is 0 Å². The zero-order chi connectivity index (χ0) is 28.5. The molecule has 1 aliphatic heterocycles. The molecule has 3 N–H and O–H groups in total. The number of benzene rings is 3. The first-order chi connectivity index (χ1) is 19.4. The Balaban J connectivity index is 1.65. The lowest BCUT2D eigenvalue weighted by Crippen LogP contribution is -2.51. The third-order valence-corrected chi connectivity index (χ3v) is 5.93. The molecule has 0 bridgehead atoms. The molecule has 2 atom stereocenters. The van der Waals surface area contributed by atoms with Gasteiger partial charge in [0.15, 0.2) is 0 Å². The van der Waals surface area contributed by atoms with Crippen molar-refractivity contribution in [3.05, 3.63) is 102 Å². The number of carbonyl (C=O) groups is 5. The number of hydrogen-bond donors (Lipinski definition) is 3. The minimum Gasteiger partial charge on any atom is -0.481 e. The number of nitrogens with one attached hydrogen (secondary N) is 2. The van der Waals surface area contributed by atoms with Crippen LogP contribution in [0.25, 0.3) is 0 Å². The molecule has 40 heavy (non-hydrogen) atoms. The number of nitrogens with zero attached hydrogens (tertiary/aromatic N) is 2. The summed E-state index contributed by atoms with van der Waals surface area (Å²) in [7, 11) is 0. The van der Waals surface area contributed by atoms with E-state index in [1.54, 1.807) is 72.8 Å². The number of fused-ring (bicyclic) bond motifs is 1. The average Bonchev–Trinajstić information content (AvgIpc) is 3.07. The van der Waals surface area contributed by atoms with Crippen LogP contribution in [0.4, 0.5) is 10.5 Å². The van der Waals surface area contributed by atoms with E-state index in [9.17, 15) is 24.0 Å². The summed E-state index contributed by atoms with van der Waals surface area (Å²) in [4.78, 5) is 67.4. The van der Waals surface area contributed by atoms with Crippen LogP contribution in [0.2, 0.25) is 0 Å². The third kappa shape index (κ3) is 6.95. The van der Waals surface area contributed by atoms with Crippen molar-refractivity contribution >= 4 is 41.6 Å². The van der Waals surface area contributed by atoms with Crippen molar-refractivity contribution in [1.82, 2.24) is 10.6 Å². The second-order valence-corrected chi connectivity index (χ2v) is 8.80. The van der Waals surface area contributed by atoms with Gasteiger partial charge in [-0.2, -0.15) is 0 Å². The second-order valence-electron chi connectivity index (χ2n) is 8.80. The molecule has 0 fully saturated rings. The maximum Gasteiger partial charge on any atom is 0.409 e. The number of benzodiazepines with no additional fused rings is 1. The Morgan fingerprint density at radius 3 is 2.30 bits per heavy atom. The van der Waals surface area contributed by atoms with E-state index >= 15 is 0 Å². The van der Waals surface area contributed by atoms with E-state index in [1.165, 1.54) is 0 Å². The first-order valence-electron chi connectivity index (χ1n) is 12.3. The van der Waals surface area contributed by atoms with E-state index in [0.29, 0.717) is 28.8 Å². The lowest BCUT2D eigenvalue weighted by molar-refractivity contribution is -0.138. The fourth-order valence-corrected chi connectivity index (χ4v) is 4.11. The summed E-state index contributed by atoms with van der Waals surface area (Å²) in [6.45, 7) is -0.597. The molecule has 4 rings (SSSR count). The Kier molecular flexibility index (Phi) is 8.98. The summed E-state index contributed by atoms with van der Waals surface area (Å²) in [5, 5.41) is 13.8. The van der Waals surface area contributed by atoms with Crippen LogP contribution in [-0.4, -0.2) is 59.7 Å². The van der Waals surface area contributed by atoms with E-state index in [0.717, 1.165) is 10.5 Å². The second kappa shape index (κ2) is 13.0. The van der Waals surface area contributed by atoms with Gasteiger partial charge < -0.3 is 20.0 Å². The maximum atomic E-state index is 13.8. The lowest BCUT2D eigenvalue weighted by Gasteiger charge is -2.25. The monoisotopic (exact) mass is 542 g/mol. The van der Waals surface area contributed by atoms with E-state index < -0.39 is 49.1 Å². The number of carbonyl (C=O) groups excluding carboxylic acids is 4. The number of aliphatic imine (C=N–C) groups is 1. The van der Waals surface area contributed by atoms with Gasteiger partial charge in [0, 0.05) is 11.1 Å². The van der Waals surface area contributed by atoms with Gasteiger partial charge in [0.05, 0.1) is 23.9 Å². The van der Waals surface area contributed by atoms with Crippen molar-refractivity contribution in [2.45, 2.75) is 25.2 Å². The zero-order valence-electron chi connectivity index (χ0n) is 21.2. The Morgan fingerprint density at radius 1 is 0.975 bits per heavy atom. The van der Waals surface area contributed by atoms with Crippen LogP contribution < -0.4 is 15.5 Å². The van der Waals surface area contributed by atoms with Crippen LogP contribution in [0.1, 0.15) is 23.1 Å². The number of aldehydes is 1. The minimum absolute atomic E-state index is 0.0359. The molecule has 1 unspecified atom stereocenters. The fourth-order valence-electron chi connectivity index (χ4n) is 4.11. The van der Waals surface area contributed by atoms with Crippen molar-refractivity contribution in [1.29, 1.82) is 0 Å². The highest BCUT2D eigenvalue weighted by atomic mass is 16.5. The lowest BCUT2D eigenvalue weighted by atomic mass is 10.0. The molecule has 11 heteroatoms. The predicted molar refractivity (Wildman–Crippen MR) is 145 cm³/mol. The molecule has 204 valence electrons. The predicted octanol–water partition coefficient (Wildman–Crippen LogP) is 2.28. The molecule has 0 aliphatic carbocycles. The number of anilines is 1. The molecule has 0 spiro atoms. The standard InChI is InChI=1S/C29H26N4O7/c34-17-21(15-25(36)37)30-24(35)16-33-23-14-8-7-13-22(23)26(20-11-5-2-6-12-20)31-27(28(33)38)32-29(39)40-18-19-9-3-1-4-10-19/h1-14,17,21,27H,15-16,18H2,(H,30,35)(H,32,39)(H,36,37)/t21-,27?/m0/s1. The molecule has 1 heterocycles. The Morgan fingerprint density at radius 2 is 1.62 bits per heavy atom. The van der Waals surface area contributed by atoms with E-state index in [4.69, 9.17) is 9.84 Å². The van der Waals surface area contributed by atoms with E-state index in [1.807, 2.05) is 12.1 Å². The fraction of sp³-hybridized carbons (Fsp3) is 0.172. The quantitative estimate of drug-likeness (QED) is 0.332. The molecule has 3 aromatic carbocycles. The van der Waals surface area contributed by atoms with Gasteiger partial charge in [-0.3, -0.25) is 24.6 Å². The highest BCUT2D eigenvalue weighted by Gasteiger charge is 2.34. The summed E-state index contributed by atoms with van der Waals surface area (Å²) in [5.41, 5.74) is 2.68. The number of amides is 3. The third-order valence-electron chi connectivity index (χ3n) is 5.93. The molecule has 0 aromatic heterocycles. The number of para-hydroxylation sites is 1. The number of rotatable bonds is 10. The molecule has 3 amide bonds. The maximum absolute atomic E-state index is 13.8. The Labute approximate surface area is 229 Å². The number of carboxylic acids is 1. The highest BCUT2D eigenvalue weighted by molar-refractivity contribution is 6.20. The molecule has 0 saturated carbocycles. The number of carboxylic acid groups (broad SMARTS) is 1. The number of alkyl carbamates (subject to hydrolysis) is 1. The average molecular weight is 543 g/mol. The van der Waals surface area contributed by atoms with Crippen LogP contribution in [-0.2, 0) is 30.5 Å². The van der Waals surface area contributed by atoms with Crippen molar-refractivity contribution < 1.29 is 33.8 Å². The molecule has 11 nitrogen and oxygen atoms in total.